The van der Waals surface area contributed by atoms with E-state index in [0.717, 1.165) is 25.9 Å². The van der Waals surface area contributed by atoms with Gasteiger partial charge in [0.05, 0.1) is 12.7 Å². The third kappa shape index (κ3) is 5.12. The predicted molar refractivity (Wildman–Crippen MR) is 58.5 cm³/mol. The van der Waals surface area contributed by atoms with E-state index in [0.29, 0.717) is 0 Å². The predicted octanol–water partition coefficient (Wildman–Crippen LogP) is -1.68. The maximum atomic E-state index is 11.3. The molecule has 1 rings (SSSR count). The minimum atomic E-state index is -1.26. The molecule has 0 aromatic heterocycles. The minimum Gasteiger partial charge on any atom is -0.480 e. The smallest absolute Gasteiger partial charge is 0.328 e. The molecule has 1 atom stereocenters. The zero-order valence-electron chi connectivity index (χ0n) is 9.52. The van der Waals surface area contributed by atoms with Crippen LogP contribution in [0.25, 0.3) is 0 Å². The van der Waals surface area contributed by atoms with E-state index < -0.39 is 24.5 Å². The minimum absolute atomic E-state index is 0.0411. The second-order valence-electron chi connectivity index (χ2n) is 3.90. The highest BCUT2D eigenvalue weighted by atomic mass is 16.5. The van der Waals surface area contributed by atoms with Crippen LogP contribution >= 0.6 is 0 Å². The molecule has 4 N–H and O–H groups in total. The first-order valence-electron chi connectivity index (χ1n) is 5.59. The van der Waals surface area contributed by atoms with Crippen LogP contribution in [0.15, 0.2) is 0 Å². The van der Waals surface area contributed by atoms with E-state index in [-0.39, 0.29) is 12.7 Å². The number of amides is 1. The van der Waals surface area contributed by atoms with Crippen molar-refractivity contribution in [3.63, 3.8) is 0 Å². The molecule has 1 fully saturated rings. The molecule has 17 heavy (non-hydrogen) atoms. The second-order valence-corrected chi connectivity index (χ2v) is 3.90. The monoisotopic (exact) mass is 246 g/mol. The first-order valence-corrected chi connectivity index (χ1v) is 5.59. The van der Waals surface area contributed by atoms with E-state index >= 15 is 0 Å². The standard InChI is InChI=1S/C10H18N2O5/c13-5-8(10(15)16)12-9(14)6-17-7-1-3-11-4-2-7/h7-8,11,13H,1-6H2,(H,12,14)(H,15,16)/t8-/m1/s1. The summed E-state index contributed by atoms with van der Waals surface area (Å²) in [7, 11) is 0. The summed E-state index contributed by atoms with van der Waals surface area (Å²) in [5.41, 5.74) is 0. The van der Waals surface area contributed by atoms with Gasteiger partial charge in [0.1, 0.15) is 12.6 Å². The number of carboxylic acid groups (broad SMARTS) is 1. The van der Waals surface area contributed by atoms with Crippen LogP contribution in [0.2, 0.25) is 0 Å². The summed E-state index contributed by atoms with van der Waals surface area (Å²) in [5.74, 6) is -1.78. The highest BCUT2D eigenvalue weighted by Crippen LogP contribution is 2.06. The Balaban J connectivity index is 2.21. The maximum Gasteiger partial charge on any atom is 0.328 e. The number of hydrogen-bond donors (Lipinski definition) is 4. The molecule has 1 heterocycles. The third-order valence-corrected chi connectivity index (χ3v) is 2.55. The van der Waals surface area contributed by atoms with E-state index in [1.54, 1.807) is 0 Å². The highest BCUT2D eigenvalue weighted by Gasteiger charge is 2.20. The summed E-state index contributed by atoms with van der Waals surface area (Å²) in [6, 6.07) is -1.26. The largest absolute Gasteiger partial charge is 0.480 e. The molecule has 0 unspecified atom stereocenters. The highest BCUT2D eigenvalue weighted by molar-refractivity contribution is 5.84. The van der Waals surface area contributed by atoms with Gasteiger partial charge in [-0.2, -0.15) is 0 Å². The van der Waals surface area contributed by atoms with Gasteiger partial charge in [-0.3, -0.25) is 4.79 Å². The van der Waals surface area contributed by atoms with Crippen molar-refractivity contribution in [1.82, 2.24) is 10.6 Å². The van der Waals surface area contributed by atoms with Gasteiger partial charge < -0.3 is 25.6 Å². The molecule has 0 aliphatic carbocycles. The van der Waals surface area contributed by atoms with Gasteiger partial charge in [0, 0.05) is 0 Å². The third-order valence-electron chi connectivity index (χ3n) is 2.55. The van der Waals surface area contributed by atoms with Crippen molar-refractivity contribution >= 4 is 11.9 Å². The summed E-state index contributed by atoms with van der Waals surface area (Å²) in [5, 5.41) is 22.7. The lowest BCUT2D eigenvalue weighted by molar-refractivity contribution is -0.144. The SMILES string of the molecule is O=C(COC1CCNCC1)N[C@H](CO)C(=O)O. The van der Waals surface area contributed by atoms with Crippen LogP contribution in [0.4, 0.5) is 0 Å². The average molecular weight is 246 g/mol. The van der Waals surface area contributed by atoms with Crippen LogP contribution in [0, 0.1) is 0 Å². The van der Waals surface area contributed by atoms with Crippen LogP contribution in [0.5, 0.6) is 0 Å². The summed E-state index contributed by atoms with van der Waals surface area (Å²) in [6.07, 6.45) is 1.73. The number of nitrogens with one attached hydrogen (secondary N) is 2. The molecule has 0 bridgehead atoms. The van der Waals surface area contributed by atoms with E-state index in [4.69, 9.17) is 14.9 Å². The Labute approximate surface area is 99.1 Å². The molecule has 0 saturated carbocycles. The molecule has 7 heteroatoms. The zero-order valence-corrected chi connectivity index (χ0v) is 9.52. The zero-order chi connectivity index (χ0) is 12.7. The number of piperidine rings is 1. The Bertz CT molecular complexity index is 265. The molecule has 0 aromatic rings. The number of hydrogen-bond acceptors (Lipinski definition) is 5. The summed E-state index contributed by atoms with van der Waals surface area (Å²) >= 11 is 0. The molecule has 1 aliphatic rings. The van der Waals surface area contributed by atoms with Crippen LogP contribution < -0.4 is 10.6 Å². The molecule has 0 spiro atoms. The first kappa shape index (κ1) is 13.9. The maximum absolute atomic E-state index is 11.3. The molecule has 1 amide bonds. The average Bonchev–Trinajstić information content (AvgIpc) is 2.34. The van der Waals surface area contributed by atoms with Gasteiger partial charge in [0.15, 0.2) is 0 Å². The number of carbonyl (C=O) groups excluding carboxylic acids is 1. The van der Waals surface area contributed by atoms with E-state index in [1.165, 1.54) is 0 Å². The quantitative estimate of drug-likeness (QED) is 0.446. The number of aliphatic carboxylic acids is 1. The first-order chi connectivity index (χ1) is 8.13. The lowest BCUT2D eigenvalue weighted by Gasteiger charge is -2.22. The molecule has 98 valence electrons. The Morgan fingerprint density at radius 2 is 2.06 bits per heavy atom. The van der Waals surface area contributed by atoms with Crippen LogP contribution in [0.1, 0.15) is 12.8 Å². The van der Waals surface area contributed by atoms with Gasteiger partial charge in [-0.25, -0.2) is 4.79 Å². The van der Waals surface area contributed by atoms with Crippen LogP contribution in [0.3, 0.4) is 0 Å². The fraction of sp³-hybridized carbons (Fsp3) is 0.800. The van der Waals surface area contributed by atoms with Crippen molar-refractivity contribution in [3.8, 4) is 0 Å². The molecule has 0 aromatic carbocycles. The number of aliphatic hydroxyl groups is 1. The van der Waals surface area contributed by atoms with Crippen LogP contribution in [-0.2, 0) is 14.3 Å². The molecule has 1 aliphatic heterocycles. The second kappa shape index (κ2) is 7.21. The Kier molecular flexibility index (Phi) is 5.88. The van der Waals surface area contributed by atoms with Crippen molar-refractivity contribution in [2.75, 3.05) is 26.3 Å². The summed E-state index contributed by atoms with van der Waals surface area (Å²) < 4.78 is 5.34. The van der Waals surface area contributed by atoms with Gasteiger partial charge in [0.2, 0.25) is 5.91 Å². The van der Waals surface area contributed by atoms with Gasteiger partial charge in [-0.05, 0) is 25.9 Å². The lowest BCUT2D eigenvalue weighted by atomic mass is 10.1. The number of aliphatic hydroxyl groups excluding tert-OH is 1. The van der Waals surface area contributed by atoms with Gasteiger partial charge in [-0.15, -0.1) is 0 Å². The van der Waals surface area contributed by atoms with Crippen molar-refractivity contribution in [1.29, 1.82) is 0 Å². The van der Waals surface area contributed by atoms with Crippen molar-refractivity contribution in [3.05, 3.63) is 0 Å². The number of carbonyl (C=O) groups is 2. The Hall–Kier alpha value is -1.18. The number of ether oxygens (including phenoxy) is 1. The Morgan fingerprint density at radius 1 is 1.41 bits per heavy atom. The van der Waals surface area contributed by atoms with Gasteiger partial charge >= 0.3 is 5.97 Å². The van der Waals surface area contributed by atoms with E-state index in [2.05, 4.69) is 10.6 Å². The number of rotatable bonds is 6. The van der Waals surface area contributed by atoms with Crippen molar-refractivity contribution in [2.45, 2.75) is 25.0 Å². The fourth-order valence-corrected chi connectivity index (χ4v) is 1.58. The summed E-state index contributed by atoms with van der Waals surface area (Å²) in [4.78, 5) is 21.9. The van der Waals surface area contributed by atoms with Crippen molar-refractivity contribution < 1.29 is 24.5 Å². The normalized spacial score (nSPS) is 18.6. The van der Waals surface area contributed by atoms with Gasteiger partial charge in [0.25, 0.3) is 0 Å². The number of carboxylic acids is 1. The lowest BCUT2D eigenvalue weighted by Crippen LogP contribution is -2.45. The molecule has 7 nitrogen and oxygen atoms in total. The molecule has 0 radical (unpaired) electrons. The summed E-state index contributed by atoms with van der Waals surface area (Å²) in [6.45, 7) is 0.921. The van der Waals surface area contributed by atoms with Crippen molar-refractivity contribution in [2.24, 2.45) is 0 Å². The Morgan fingerprint density at radius 3 is 2.59 bits per heavy atom. The fourth-order valence-electron chi connectivity index (χ4n) is 1.58. The molecular formula is C10H18N2O5. The topological polar surface area (TPSA) is 108 Å². The molecule has 1 saturated heterocycles. The van der Waals surface area contributed by atoms with E-state index in [9.17, 15) is 9.59 Å². The van der Waals surface area contributed by atoms with Crippen LogP contribution in [-0.4, -0.2) is 60.5 Å². The van der Waals surface area contributed by atoms with E-state index in [1.807, 2.05) is 0 Å². The molecular weight excluding hydrogens is 228 g/mol. The van der Waals surface area contributed by atoms with Gasteiger partial charge in [-0.1, -0.05) is 0 Å².